The van der Waals surface area contributed by atoms with Gasteiger partial charge in [-0.25, -0.2) is 9.67 Å². The third kappa shape index (κ3) is 2.84. The molecule has 0 aliphatic heterocycles. The van der Waals surface area contributed by atoms with Crippen molar-refractivity contribution in [2.45, 2.75) is 0 Å². The predicted molar refractivity (Wildman–Crippen MR) is 75.8 cm³/mol. The molecular formula is C13H11N7O. The fourth-order valence-corrected chi connectivity index (χ4v) is 1.74. The van der Waals surface area contributed by atoms with E-state index in [4.69, 9.17) is 5.73 Å². The molecule has 8 heteroatoms. The Hall–Kier alpha value is -3.29. The van der Waals surface area contributed by atoms with Crippen molar-refractivity contribution < 1.29 is 4.79 Å². The molecule has 3 rings (SSSR count). The van der Waals surface area contributed by atoms with Crippen LogP contribution in [0.4, 0.5) is 11.4 Å². The lowest BCUT2D eigenvalue weighted by atomic mass is 10.2. The van der Waals surface area contributed by atoms with Gasteiger partial charge in [-0.1, -0.05) is 6.07 Å². The monoisotopic (exact) mass is 281 g/mol. The summed E-state index contributed by atoms with van der Waals surface area (Å²) in [6.07, 6.45) is 2.91. The van der Waals surface area contributed by atoms with E-state index in [1.807, 2.05) is 6.07 Å². The van der Waals surface area contributed by atoms with Crippen LogP contribution in [0.1, 0.15) is 10.5 Å². The van der Waals surface area contributed by atoms with Crippen LogP contribution < -0.4 is 11.1 Å². The number of tetrazole rings is 1. The number of carbonyl (C=O) groups is 1. The summed E-state index contributed by atoms with van der Waals surface area (Å²) in [6, 6.07) is 10.3. The van der Waals surface area contributed by atoms with Gasteiger partial charge in [-0.15, -0.1) is 5.10 Å². The van der Waals surface area contributed by atoms with Crippen molar-refractivity contribution in [1.82, 2.24) is 25.2 Å². The zero-order valence-corrected chi connectivity index (χ0v) is 10.8. The molecule has 0 unspecified atom stereocenters. The average Bonchev–Trinajstić information content (AvgIpc) is 3.02. The molecule has 0 aliphatic rings. The smallest absolute Gasteiger partial charge is 0.274 e. The normalized spacial score (nSPS) is 10.3. The number of benzene rings is 1. The molecule has 104 valence electrons. The number of rotatable bonds is 3. The van der Waals surface area contributed by atoms with Gasteiger partial charge >= 0.3 is 0 Å². The Balaban J connectivity index is 1.80. The Morgan fingerprint density at radius 1 is 1.24 bits per heavy atom. The Morgan fingerprint density at radius 2 is 2.14 bits per heavy atom. The highest BCUT2D eigenvalue weighted by Gasteiger charge is 2.08. The number of hydrogen-bond donors (Lipinski definition) is 2. The molecule has 3 N–H and O–H groups in total. The molecule has 2 heterocycles. The second-order valence-corrected chi connectivity index (χ2v) is 4.24. The lowest BCUT2D eigenvalue weighted by molar-refractivity contribution is 0.102. The molecule has 21 heavy (non-hydrogen) atoms. The van der Waals surface area contributed by atoms with Crippen molar-refractivity contribution in [3.63, 3.8) is 0 Å². The Kier molecular flexibility index (Phi) is 3.26. The number of nitrogens with one attached hydrogen (secondary N) is 1. The first-order chi connectivity index (χ1) is 10.2. The van der Waals surface area contributed by atoms with Crippen molar-refractivity contribution in [1.29, 1.82) is 0 Å². The Morgan fingerprint density at radius 3 is 2.86 bits per heavy atom. The number of pyridine rings is 1. The third-order valence-electron chi connectivity index (χ3n) is 2.74. The number of nitrogens with two attached hydrogens (primary N) is 1. The SMILES string of the molecule is Nc1ccc(C(=O)Nc2cccc(-n3cnnn3)c2)nc1. The first-order valence-corrected chi connectivity index (χ1v) is 6.09. The molecule has 0 aliphatic carbocycles. The molecule has 0 fully saturated rings. The fourth-order valence-electron chi connectivity index (χ4n) is 1.74. The number of nitrogen functional groups attached to an aromatic ring is 1. The van der Waals surface area contributed by atoms with Crippen molar-refractivity contribution in [2.75, 3.05) is 11.1 Å². The van der Waals surface area contributed by atoms with Crippen molar-refractivity contribution in [3.8, 4) is 5.69 Å². The number of amides is 1. The van der Waals surface area contributed by atoms with Gasteiger partial charge in [0.1, 0.15) is 12.0 Å². The van der Waals surface area contributed by atoms with E-state index < -0.39 is 0 Å². The molecule has 8 nitrogen and oxygen atoms in total. The van der Waals surface area contributed by atoms with Gasteiger partial charge in [-0.3, -0.25) is 4.79 Å². The molecular weight excluding hydrogens is 270 g/mol. The number of aromatic nitrogens is 5. The van der Waals surface area contributed by atoms with Gasteiger partial charge in [0.05, 0.1) is 17.6 Å². The summed E-state index contributed by atoms with van der Waals surface area (Å²) < 4.78 is 1.50. The predicted octanol–water partition coefficient (Wildman–Crippen LogP) is 0.892. The van der Waals surface area contributed by atoms with E-state index in [1.54, 1.807) is 30.3 Å². The summed E-state index contributed by atoms with van der Waals surface area (Å²) in [4.78, 5) is 16.0. The summed E-state index contributed by atoms with van der Waals surface area (Å²) in [5.74, 6) is -0.316. The van der Waals surface area contributed by atoms with Crippen LogP contribution in [0.2, 0.25) is 0 Å². The highest BCUT2D eigenvalue weighted by atomic mass is 16.1. The van der Waals surface area contributed by atoms with Crippen LogP contribution in [0.3, 0.4) is 0 Å². The molecule has 2 aromatic heterocycles. The minimum Gasteiger partial charge on any atom is -0.397 e. The second kappa shape index (κ2) is 5.37. The molecule has 3 aromatic rings. The van der Waals surface area contributed by atoms with Gasteiger partial charge in [-0.2, -0.15) is 0 Å². The molecule has 0 spiro atoms. The molecule has 0 atom stereocenters. The van der Waals surface area contributed by atoms with Crippen LogP contribution >= 0.6 is 0 Å². The van der Waals surface area contributed by atoms with Gasteiger partial charge in [0.25, 0.3) is 5.91 Å². The highest BCUT2D eigenvalue weighted by molar-refractivity contribution is 6.03. The first-order valence-electron chi connectivity index (χ1n) is 6.09. The number of hydrogen-bond acceptors (Lipinski definition) is 6. The van der Waals surface area contributed by atoms with Gasteiger partial charge < -0.3 is 11.1 Å². The Labute approximate surface area is 119 Å². The standard InChI is InChI=1S/C13H11N7O/c14-9-4-5-12(15-7-9)13(21)17-10-2-1-3-11(6-10)20-8-16-18-19-20/h1-8H,14H2,(H,17,21). The van der Waals surface area contributed by atoms with E-state index in [9.17, 15) is 4.79 Å². The van der Waals surface area contributed by atoms with E-state index in [2.05, 4.69) is 25.8 Å². The summed E-state index contributed by atoms with van der Waals surface area (Å²) in [5.41, 5.74) is 7.69. The van der Waals surface area contributed by atoms with Gasteiger partial charge in [0.2, 0.25) is 0 Å². The quantitative estimate of drug-likeness (QED) is 0.737. The summed E-state index contributed by atoms with van der Waals surface area (Å²) in [7, 11) is 0. The van der Waals surface area contributed by atoms with Crippen LogP contribution in [-0.2, 0) is 0 Å². The maximum Gasteiger partial charge on any atom is 0.274 e. The largest absolute Gasteiger partial charge is 0.397 e. The van der Waals surface area contributed by atoms with E-state index in [0.717, 1.165) is 5.69 Å². The average molecular weight is 281 g/mol. The summed E-state index contributed by atoms with van der Waals surface area (Å²) in [6.45, 7) is 0. The van der Waals surface area contributed by atoms with Gasteiger partial charge in [0, 0.05) is 5.69 Å². The zero-order chi connectivity index (χ0) is 14.7. The highest BCUT2D eigenvalue weighted by Crippen LogP contribution is 2.14. The third-order valence-corrected chi connectivity index (χ3v) is 2.74. The maximum atomic E-state index is 12.1. The van der Waals surface area contributed by atoms with Gasteiger partial charge in [0.15, 0.2) is 0 Å². The number of carbonyl (C=O) groups excluding carboxylic acids is 1. The zero-order valence-electron chi connectivity index (χ0n) is 10.8. The van der Waals surface area contributed by atoms with Crippen molar-refractivity contribution in [2.24, 2.45) is 0 Å². The lowest BCUT2D eigenvalue weighted by Crippen LogP contribution is -2.13. The van der Waals surface area contributed by atoms with Crippen LogP contribution in [0, 0.1) is 0 Å². The number of nitrogens with zero attached hydrogens (tertiary/aromatic N) is 5. The Bertz CT molecular complexity index is 752. The van der Waals surface area contributed by atoms with E-state index >= 15 is 0 Å². The molecule has 0 radical (unpaired) electrons. The minimum absolute atomic E-state index is 0.289. The summed E-state index contributed by atoms with van der Waals surface area (Å²) >= 11 is 0. The van der Waals surface area contributed by atoms with Crippen LogP contribution in [-0.4, -0.2) is 31.1 Å². The topological polar surface area (TPSA) is 112 Å². The molecule has 1 amide bonds. The van der Waals surface area contributed by atoms with E-state index in [1.165, 1.54) is 17.2 Å². The molecule has 0 saturated heterocycles. The summed E-state index contributed by atoms with van der Waals surface area (Å²) in [5, 5.41) is 13.7. The van der Waals surface area contributed by atoms with Gasteiger partial charge in [-0.05, 0) is 40.8 Å². The molecule has 0 saturated carbocycles. The second-order valence-electron chi connectivity index (χ2n) is 4.24. The van der Waals surface area contributed by atoms with E-state index in [-0.39, 0.29) is 11.6 Å². The van der Waals surface area contributed by atoms with Crippen molar-refractivity contribution >= 4 is 17.3 Å². The first kappa shape index (κ1) is 12.7. The fraction of sp³-hybridized carbons (Fsp3) is 0. The molecule has 1 aromatic carbocycles. The van der Waals surface area contributed by atoms with E-state index in [0.29, 0.717) is 11.4 Å². The van der Waals surface area contributed by atoms with Crippen LogP contribution in [0.15, 0.2) is 48.9 Å². The van der Waals surface area contributed by atoms with Crippen LogP contribution in [0.5, 0.6) is 0 Å². The van der Waals surface area contributed by atoms with Crippen LogP contribution in [0.25, 0.3) is 5.69 Å². The maximum absolute atomic E-state index is 12.1. The lowest BCUT2D eigenvalue weighted by Gasteiger charge is -2.06. The minimum atomic E-state index is -0.316. The number of anilines is 2. The van der Waals surface area contributed by atoms with Crippen molar-refractivity contribution in [3.05, 3.63) is 54.6 Å². The molecule has 0 bridgehead atoms.